The van der Waals surface area contributed by atoms with Crippen LogP contribution in [0.4, 0.5) is 0 Å². The fraction of sp³-hybridized carbons (Fsp3) is 0.375. The lowest BCUT2D eigenvalue weighted by atomic mass is 9.96. The number of hydrogen-bond donors (Lipinski definition) is 1. The van der Waals surface area contributed by atoms with Gasteiger partial charge in [-0.2, -0.15) is 0 Å². The molecule has 1 N–H and O–H groups in total. The second kappa shape index (κ2) is 6.21. The molecular weight excluding hydrogens is 293 g/mol. The van der Waals surface area contributed by atoms with E-state index >= 15 is 0 Å². The first-order valence-corrected chi connectivity index (χ1v) is 7.37. The third-order valence-corrected chi connectivity index (χ3v) is 4.48. The zero-order chi connectivity index (χ0) is 14.9. The van der Waals surface area contributed by atoms with Crippen LogP contribution >= 0.6 is 23.2 Å². The minimum atomic E-state index is 0.199. The van der Waals surface area contributed by atoms with E-state index in [1.165, 1.54) is 11.1 Å². The second-order valence-corrected chi connectivity index (χ2v) is 5.86. The van der Waals surface area contributed by atoms with Crippen molar-refractivity contribution >= 4 is 23.2 Å². The zero-order valence-corrected chi connectivity index (χ0v) is 13.7. The van der Waals surface area contributed by atoms with Gasteiger partial charge in [-0.15, -0.1) is 0 Å². The van der Waals surface area contributed by atoms with Crippen molar-refractivity contribution in [3.63, 3.8) is 0 Å². The average Bonchev–Trinajstić information content (AvgIpc) is 2.65. The fourth-order valence-corrected chi connectivity index (χ4v) is 2.89. The second-order valence-electron chi connectivity index (χ2n) is 5.05. The molecule has 1 unspecified atom stereocenters. The van der Waals surface area contributed by atoms with Gasteiger partial charge in [0.25, 0.3) is 0 Å². The lowest BCUT2D eigenvalue weighted by Crippen LogP contribution is -2.20. The first-order valence-electron chi connectivity index (χ1n) is 6.61. The molecule has 0 aliphatic rings. The lowest BCUT2D eigenvalue weighted by Gasteiger charge is -2.17. The minimum Gasteiger partial charge on any atom is -0.466 e. The van der Waals surface area contributed by atoms with Gasteiger partial charge in [0, 0.05) is 11.6 Å². The predicted octanol–water partition coefficient (Wildman–Crippen LogP) is 5.01. The summed E-state index contributed by atoms with van der Waals surface area (Å²) in [5, 5.41) is 4.54. The highest BCUT2D eigenvalue weighted by Crippen LogP contribution is 2.30. The van der Waals surface area contributed by atoms with E-state index in [1.54, 1.807) is 0 Å². The Kier molecular flexibility index (Phi) is 4.79. The number of nitrogens with one attached hydrogen (secondary N) is 1. The number of hydrogen-bond acceptors (Lipinski definition) is 2. The van der Waals surface area contributed by atoms with Crippen molar-refractivity contribution in [3.8, 4) is 0 Å². The number of rotatable bonds is 4. The van der Waals surface area contributed by atoms with E-state index in [-0.39, 0.29) is 6.04 Å². The van der Waals surface area contributed by atoms with E-state index in [2.05, 4.69) is 12.2 Å². The Morgan fingerprint density at radius 1 is 1.10 bits per heavy atom. The van der Waals surface area contributed by atoms with E-state index in [0.717, 1.165) is 23.5 Å². The number of halogens is 2. The SMILES string of the molecule is CNC(Cc1ccc(Cl)c(Cl)c1)c1c(C)oc(C)c1C. The van der Waals surface area contributed by atoms with Crippen LogP contribution in [0.1, 0.15) is 34.3 Å². The van der Waals surface area contributed by atoms with Crippen LogP contribution in [0.5, 0.6) is 0 Å². The van der Waals surface area contributed by atoms with Gasteiger partial charge in [0.2, 0.25) is 0 Å². The van der Waals surface area contributed by atoms with Crippen molar-refractivity contribution < 1.29 is 4.42 Å². The quantitative estimate of drug-likeness (QED) is 0.858. The van der Waals surface area contributed by atoms with E-state index < -0.39 is 0 Å². The summed E-state index contributed by atoms with van der Waals surface area (Å²) in [5.74, 6) is 1.95. The molecule has 0 aliphatic heterocycles. The largest absolute Gasteiger partial charge is 0.466 e. The Morgan fingerprint density at radius 3 is 2.30 bits per heavy atom. The summed E-state index contributed by atoms with van der Waals surface area (Å²) in [6, 6.07) is 5.97. The Bertz CT molecular complexity index is 619. The summed E-state index contributed by atoms with van der Waals surface area (Å²) in [5.41, 5.74) is 3.59. The summed E-state index contributed by atoms with van der Waals surface area (Å²) in [4.78, 5) is 0. The number of likely N-dealkylation sites (N-methyl/N-ethyl adjacent to an activating group) is 1. The van der Waals surface area contributed by atoms with E-state index in [4.69, 9.17) is 27.6 Å². The summed E-state index contributed by atoms with van der Waals surface area (Å²) in [6.07, 6.45) is 0.841. The number of aryl methyl sites for hydroxylation is 2. The molecule has 0 spiro atoms. The Balaban J connectivity index is 2.31. The molecule has 0 amide bonds. The van der Waals surface area contributed by atoms with Gasteiger partial charge in [-0.05, 0) is 57.5 Å². The summed E-state index contributed by atoms with van der Waals surface area (Å²) >= 11 is 12.0. The van der Waals surface area contributed by atoms with Crippen LogP contribution in [-0.4, -0.2) is 7.05 Å². The Labute approximate surface area is 130 Å². The van der Waals surface area contributed by atoms with Gasteiger partial charge in [-0.3, -0.25) is 0 Å². The molecule has 108 valence electrons. The van der Waals surface area contributed by atoms with Crippen LogP contribution in [0.15, 0.2) is 22.6 Å². The molecule has 0 radical (unpaired) electrons. The molecular formula is C16H19Cl2NO. The van der Waals surface area contributed by atoms with Crippen LogP contribution in [-0.2, 0) is 6.42 Å². The van der Waals surface area contributed by atoms with Crippen LogP contribution in [0.2, 0.25) is 10.0 Å². The molecule has 0 bridgehead atoms. The topological polar surface area (TPSA) is 25.2 Å². The third-order valence-electron chi connectivity index (χ3n) is 3.74. The van der Waals surface area contributed by atoms with Gasteiger partial charge in [-0.1, -0.05) is 29.3 Å². The van der Waals surface area contributed by atoms with Crippen molar-refractivity contribution in [1.29, 1.82) is 0 Å². The highest BCUT2D eigenvalue weighted by molar-refractivity contribution is 6.42. The highest BCUT2D eigenvalue weighted by atomic mass is 35.5. The normalized spacial score (nSPS) is 12.7. The van der Waals surface area contributed by atoms with Gasteiger partial charge in [0.05, 0.1) is 10.0 Å². The molecule has 2 rings (SSSR count). The molecule has 4 heteroatoms. The maximum Gasteiger partial charge on any atom is 0.106 e. The van der Waals surface area contributed by atoms with Crippen LogP contribution in [0, 0.1) is 20.8 Å². The Morgan fingerprint density at radius 2 is 1.80 bits per heavy atom. The first-order chi connectivity index (χ1) is 9.43. The van der Waals surface area contributed by atoms with E-state index in [1.807, 2.05) is 39.1 Å². The molecule has 0 aliphatic carbocycles. The van der Waals surface area contributed by atoms with Gasteiger partial charge in [0.1, 0.15) is 11.5 Å². The highest BCUT2D eigenvalue weighted by Gasteiger charge is 2.20. The molecule has 20 heavy (non-hydrogen) atoms. The van der Waals surface area contributed by atoms with Crippen LogP contribution in [0.3, 0.4) is 0 Å². The average molecular weight is 312 g/mol. The molecule has 0 fully saturated rings. The van der Waals surface area contributed by atoms with Gasteiger partial charge in [0.15, 0.2) is 0 Å². The summed E-state index contributed by atoms with van der Waals surface area (Å²) in [7, 11) is 1.96. The van der Waals surface area contributed by atoms with Crippen molar-refractivity contribution in [2.45, 2.75) is 33.2 Å². The molecule has 1 aromatic heterocycles. The molecule has 1 heterocycles. The van der Waals surface area contributed by atoms with Crippen LogP contribution < -0.4 is 5.32 Å². The van der Waals surface area contributed by atoms with Gasteiger partial charge < -0.3 is 9.73 Å². The standard InChI is InChI=1S/C16H19Cl2NO/c1-9-10(2)20-11(3)16(9)15(19-4)8-12-5-6-13(17)14(18)7-12/h5-7,15,19H,8H2,1-4H3. The molecule has 2 aromatic rings. The molecule has 0 saturated heterocycles. The van der Waals surface area contributed by atoms with Crippen LogP contribution in [0.25, 0.3) is 0 Å². The summed E-state index contributed by atoms with van der Waals surface area (Å²) in [6.45, 7) is 6.10. The monoisotopic (exact) mass is 311 g/mol. The fourth-order valence-electron chi connectivity index (χ4n) is 2.57. The smallest absolute Gasteiger partial charge is 0.106 e. The van der Waals surface area contributed by atoms with Gasteiger partial charge in [-0.25, -0.2) is 0 Å². The van der Waals surface area contributed by atoms with Crippen molar-refractivity contribution in [2.24, 2.45) is 0 Å². The molecule has 2 nitrogen and oxygen atoms in total. The molecule has 1 atom stereocenters. The maximum absolute atomic E-state index is 6.08. The van der Waals surface area contributed by atoms with Crippen molar-refractivity contribution in [3.05, 3.63) is 56.5 Å². The number of benzene rings is 1. The third kappa shape index (κ3) is 3.03. The molecule has 0 saturated carbocycles. The van der Waals surface area contributed by atoms with Crippen molar-refractivity contribution in [1.82, 2.24) is 5.32 Å². The lowest BCUT2D eigenvalue weighted by molar-refractivity contribution is 0.489. The van der Waals surface area contributed by atoms with Gasteiger partial charge >= 0.3 is 0 Å². The number of furan rings is 1. The van der Waals surface area contributed by atoms with Crippen molar-refractivity contribution in [2.75, 3.05) is 7.05 Å². The Hall–Kier alpha value is -0.960. The predicted molar refractivity (Wildman–Crippen MR) is 84.9 cm³/mol. The summed E-state index contributed by atoms with van der Waals surface area (Å²) < 4.78 is 5.72. The molecule has 1 aromatic carbocycles. The van der Waals surface area contributed by atoms with E-state index in [9.17, 15) is 0 Å². The van der Waals surface area contributed by atoms with E-state index in [0.29, 0.717) is 10.0 Å². The maximum atomic E-state index is 6.08. The minimum absolute atomic E-state index is 0.199. The first kappa shape index (κ1) is 15.4. The zero-order valence-electron chi connectivity index (χ0n) is 12.2.